The number of imide groups is 1. The Kier molecular flexibility index (Phi) is 5.06. The summed E-state index contributed by atoms with van der Waals surface area (Å²) in [5, 5.41) is 0. The number of hydrogen-bond donors (Lipinski definition) is 0. The second-order valence-corrected chi connectivity index (χ2v) is 7.76. The molecule has 0 fully saturated rings. The molecule has 0 saturated carbocycles. The molecule has 28 heavy (non-hydrogen) atoms. The molecule has 2 aromatic rings. The number of nitrogens with zero attached hydrogens (tertiary/aromatic N) is 1. The first-order chi connectivity index (χ1) is 13.2. The number of fused-ring (bicyclic) bond motifs is 1. The summed E-state index contributed by atoms with van der Waals surface area (Å²) in [6.07, 6.45) is 0.121. The molecule has 3 rings (SSSR count). The van der Waals surface area contributed by atoms with Gasteiger partial charge in [-0.3, -0.25) is 4.79 Å². The van der Waals surface area contributed by atoms with E-state index in [9.17, 15) is 18.8 Å². The molecule has 5 nitrogen and oxygen atoms in total. The Hall–Kier alpha value is -3.02. The molecule has 0 aromatic heterocycles. The van der Waals surface area contributed by atoms with Gasteiger partial charge < -0.3 is 9.53 Å². The van der Waals surface area contributed by atoms with E-state index in [4.69, 9.17) is 4.74 Å². The number of carbonyl (C=O) groups is 3. The second-order valence-electron chi connectivity index (χ2n) is 7.76. The number of ether oxygens (including phenoxy) is 1. The third-order valence-electron chi connectivity index (χ3n) is 4.70. The first kappa shape index (κ1) is 19.7. The highest BCUT2D eigenvalue weighted by Gasteiger charge is 2.54. The predicted molar refractivity (Wildman–Crippen MR) is 103 cm³/mol. The molecule has 0 bridgehead atoms. The van der Waals surface area contributed by atoms with Crippen molar-refractivity contribution in [3.63, 3.8) is 0 Å². The SMILES string of the molecule is CC(C)(C)OC(=O)N1C(=O)[C@@](CCC=O)(c2cccc(F)c2)c2ccccc21. The van der Waals surface area contributed by atoms with Crippen LogP contribution in [0.4, 0.5) is 14.9 Å². The summed E-state index contributed by atoms with van der Waals surface area (Å²) in [6, 6.07) is 12.6. The normalized spacial score (nSPS) is 18.7. The molecule has 0 saturated heterocycles. The molecule has 1 aliphatic heterocycles. The van der Waals surface area contributed by atoms with E-state index in [0.717, 1.165) is 4.90 Å². The maximum atomic E-state index is 14.0. The number of amides is 2. The first-order valence-corrected chi connectivity index (χ1v) is 9.07. The van der Waals surface area contributed by atoms with E-state index in [1.165, 1.54) is 18.2 Å². The topological polar surface area (TPSA) is 63.7 Å². The molecule has 0 unspecified atom stereocenters. The number of aldehydes is 1. The predicted octanol–water partition coefficient (Wildman–Crippen LogP) is 4.37. The molecule has 2 aromatic carbocycles. The average Bonchev–Trinajstić information content (AvgIpc) is 2.87. The number of halogens is 1. The van der Waals surface area contributed by atoms with Gasteiger partial charge in [0, 0.05) is 6.42 Å². The summed E-state index contributed by atoms with van der Waals surface area (Å²) >= 11 is 0. The number of carbonyl (C=O) groups excluding carboxylic acids is 3. The van der Waals surface area contributed by atoms with Crippen LogP contribution in [0, 0.1) is 5.82 Å². The second kappa shape index (κ2) is 7.19. The van der Waals surface area contributed by atoms with Crippen LogP contribution >= 0.6 is 0 Å². The van der Waals surface area contributed by atoms with Crippen molar-refractivity contribution in [1.29, 1.82) is 0 Å². The summed E-state index contributed by atoms with van der Waals surface area (Å²) in [7, 11) is 0. The van der Waals surface area contributed by atoms with E-state index in [-0.39, 0.29) is 12.8 Å². The summed E-state index contributed by atoms with van der Waals surface area (Å²) in [5.41, 5.74) is -0.788. The van der Waals surface area contributed by atoms with Gasteiger partial charge in [-0.25, -0.2) is 14.1 Å². The molecule has 1 aliphatic rings. The molecule has 146 valence electrons. The van der Waals surface area contributed by atoms with Gasteiger partial charge in [0.05, 0.1) is 5.69 Å². The van der Waals surface area contributed by atoms with Crippen LogP contribution in [-0.4, -0.2) is 23.9 Å². The van der Waals surface area contributed by atoms with Crippen LogP contribution in [0.15, 0.2) is 48.5 Å². The zero-order valence-electron chi connectivity index (χ0n) is 16.1. The number of anilines is 1. The van der Waals surface area contributed by atoms with Crippen LogP contribution in [0.3, 0.4) is 0 Å². The van der Waals surface area contributed by atoms with Crippen molar-refractivity contribution in [2.24, 2.45) is 0 Å². The highest BCUT2D eigenvalue weighted by Crippen LogP contribution is 2.49. The lowest BCUT2D eigenvalue weighted by molar-refractivity contribution is -0.122. The van der Waals surface area contributed by atoms with Crippen molar-refractivity contribution in [2.45, 2.75) is 44.6 Å². The molecule has 0 aliphatic carbocycles. The molecule has 0 spiro atoms. The van der Waals surface area contributed by atoms with Gasteiger partial charge in [-0.05, 0) is 56.5 Å². The van der Waals surface area contributed by atoms with Gasteiger partial charge in [-0.2, -0.15) is 0 Å². The van der Waals surface area contributed by atoms with E-state index in [1.54, 1.807) is 51.1 Å². The largest absolute Gasteiger partial charge is 0.443 e. The minimum atomic E-state index is -1.34. The van der Waals surface area contributed by atoms with E-state index in [2.05, 4.69) is 0 Å². The number of para-hydroxylation sites is 1. The van der Waals surface area contributed by atoms with E-state index in [0.29, 0.717) is 23.1 Å². The maximum absolute atomic E-state index is 14.0. The van der Waals surface area contributed by atoms with Crippen molar-refractivity contribution in [3.05, 3.63) is 65.5 Å². The van der Waals surface area contributed by atoms with Crippen LogP contribution < -0.4 is 4.90 Å². The molecule has 0 radical (unpaired) electrons. The summed E-state index contributed by atoms with van der Waals surface area (Å²) in [6.45, 7) is 5.14. The Balaban J connectivity index is 2.21. The minimum absolute atomic E-state index is 0.0821. The van der Waals surface area contributed by atoms with Crippen molar-refractivity contribution >= 4 is 24.0 Å². The molecule has 1 atom stereocenters. The van der Waals surface area contributed by atoms with Crippen molar-refractivity contribution in [2.75, 3.05) is 4.90 Å². The van der Waals surface area contributed by atoms with Gasteiger partial charge in [0.25, 0.3) is 5.91 Å². The molecular weight excluding hydrogens is 361 g/mol. The monoisotopic (exact) mass is 383 g/mol. The lowest BCUT2D eigenvalue weighted by Gasteiger charge is -2.29. The molecular formula is C22H22FNO4. The minimum Gasteiger partial charge on any atom is -0.443 e. The Morgan fingerprint density at radius 1 is 1.18 bits per heavy atom. The van der Waals surface area contributed by atoms with Crippen molar-refractivity contribution in [1.82, 2.24) is 0 Å². The Bertz CT molecular complexity index is 934. The van der Waals surface area contributed by atoms with Crippen LogP contribution in [0.1, 0.15) is 44.7 Å². The fourth-order valence-corrected chi connectivity index (χ4v) is 3.63. The molecule has 1 heterocycles. The van der Waals surface area contributed by atoms with E-state index in [1.807, 2.05) is 0 Å². The van der Waals surface area contributed by atoms with Gasteiger partial charge in [-0.15, -0.1) is 0 Å². The number of rotatable bonds is 4. The van der Waals surface area contributed by atoms with E-state index < -0.39 is 28.8 Å². The third-order valence-corrected chi connectivity index (χ3v) is 4.70. The Morgan fingerprint density at radius 3 is 2.54 bits per heavy atom. The summed E-state index contributed by atoms with van der Waals surface area (Å²) in [5.74, 6) is -1.04. The van der Waals surface area contributed by atoms with Gasteiger partial charge >= 0.3 is 6.09 Å². The van der Waals surface area contributed by atoms with Crippen LogP contribution in [-0.2, 0) is 19.7 Å². The van der Waals surface area contributed by atoms with Gasteiger partial charge in [-0.1, -0.05) is 30.3 Å². The zero-order valence-corrected chi connectivity index (χ0v) is 16.1. The molecule has 0 N–H and O–H groups in total. The van der Waals surface area contributed by atoms with Gasteiger partial charge in [0.15, 0.2) is 0 Å². The third kappa shape index (κ3) is 3.30. The maximum Gasteiger partial charge on any atom is 0.421 e. The van der Waals surface area contributed by atoms with Crippen LogP contribution in [0.25, 0.3) is 0 Å². The smallest absolute Gasteiger partial charge is 0.421 e. The molecule has 6 heteroatoms. The lowest BCUT2D eigenvalue weighted by Crippen LogP contribution is -2.46. The lowest BCUT2D eigenvalue weighted by atomic mass is 9.72. The quantitative estimate of drug-likeness (QED) is 0.736. The van der Waals surface area contributed by atoms with Gasteiger partial charge in [0.1, 0.15) is 23.1 Å². The van der Waals surface area contributed by atoms with Gasteiger partial charge in [0.2, 0.25) is 0 Å². The first-order valence-electron chi connectivity index (χ1n) is 9.07. The average molecular weight is 383 g/mol. The summed E-state index contributed by atoms with van der Waals surface area (Å²) in [4.78, 5) is 38.6. The summed E-state index contributed by atoms with van der Waals surface area (Å²) < 4.78 is 19.4. The fourth-order valence-electron chi connectivity index (χ4n) is 3.63. The standard InChI is InChI=1S/C22H22FNO4/c1-21(2,3)28-20(27)24-18-11-5-4-10-17(18)22(19(24)26,12-7-13-25)15-8-6-9-16(23)14-15/h4-6,8-11,13-14H,7,12H2,1-3H3/t22-/m0/s1. The number of hydrogen-bond acceptors (Lipinski definition) is 4. The highest BCUT2D eigenvalue weighted by molar-refractivity contribution is 6.22. The van der Waals surface area contributed by atoms with Crippen molar-refractivity contribution in [3.8, 4) is 0 Å². The van der Waals surface area contributed by atoms with E-state index >= 15 is 0 Å². The fraction of sp³-hybridized carbons (Fsp3) is 0.318. The Morgan fingerprint density at radius 2 is 1.89 bits per heavy atom. The van der Waals surface area contributed by atoms with Crippen LogP contribution in [0.2, 0.25) is 0 Å². The Labute approximate surface area is 163 Å². The number of benzene rings is 2. The highest BCUT2D eigenvalue weighted by atomic mass is 19.1. The van der Waals surface area contributed by atoms with Crippen LogP contribution in [0.5, 0.6) is 0 Å². The molecule has 2 amide bonds. The zero-order chi connectivity index (χ0) is 20.5. The van der Waals surface area contributed by atoms with Crippen molar-refractivity contribution < 1.29 is 23.5 Å².